The Morgan fingerprint density at radius 1 is 0.903 bits per heavy atom. The van der Waals surface area contributed by atoms with Gasteiger partial charge in [0.05, 0.1) is 18.4 Å². The topological polar surface area (TPSA) is 68.1 Å². The number of hydrogen-bond donors (Lipinski definition) is 1. The van der Waals surface area contributed by atoms with Gasteiger partial charge >= 0.3 is 5.97 Å². The van der Waals surface area contributed by atoms with Crippen LogP contribution in [0.4, 0.5) is 5.69 Å². The molecule has 154 valence electrons. The Labute approximate surface area is 180 Å². The van der Waals surface area contributed by atoms with Gasteiger partial charge in [0.15, 0.2) is 11.5 Å². The second-order valence-electron chi connectivity index (χ2n) is 6.99. The van der Waals surface area contributed by atoms with Gasteiger partial charge in [0.25, 0.3) is 0 Å². The Morgan fingerprint density at radius 3 is 2.42 bits per heavy atom. The summed E-state index contributed by atoms with van der Waals surface area (Å²) in [7, 11) is 1.59. The Morgan fingerprint density at radius 2 is 1.68 bits per heavy atom. The van der Waals surface area contributed by atoms with Crippen molar-refractivity contribution in [2.75, 3.05) is 7.11 Å². The van der Waals surface area contributed by atoms with Crippen LogP contribution in [0.5, 0.6) is 11.5 Å². The lowest BCUT2D eigenvalue weighted by Crippen LogP contribution is -2.00. The SMILES string of the molecule is COc1cc(C=Nc2ccc3ccccc3c2)ccc1OCc1ccc(C(=O)O)cc1. The number of carboxylic acids is 1. The van der Waals surface area contributed by atoms with E-state index >= 15 is 0 Å². The van der Waals surface area contributed by atoms with Gasteiger partial charge in [-0.25, -0.2) is 4.79 Å². The standard InChI is InChI=1S/C26H21NO4/c1-30-25-14-19(16-27-23-12-11-20-4-2-3-5-22(20)15-23)8-13-24(25)31-17-18-6-9-21(10-7-18)26(28)29/h2-16H,17H2,1H3,(H,28,29). The molecule has 0 bridgehead atoms. The van der Waals surface area contributed by atoms with Gasteiger partial charge in [0.2, 0.25) is 0 Å². The quantitative estimate of drug-likeness (QED) is 0.386. The predicted octanol–water partition coefficient (Wildman–Crippen LogP) is 5.88. The number of aliphatic imine (C=N–C) groups is 1. The lowest BCUT2D eigenvalue weighted by atomic mass is 10.1. The van der Waals surface area contributed by atoms with E-state index in [1.807, 2.05) is 36.4 Å². The van der Waals surface area contributed by atoms with Gasteiger partial charge in [-0.1, -0.05) is 42.5 Å². The normalized spacial score (nSPS) is 11.0. The highest BCUT2D eigenvalue weighted by Crippen LogP contribution is 2.29. The summed E-state index contributed by atoms with van der Waals surface area (Å²) in [6.07, 6.45) is 1.79. The van der Waals surface area contributed by atoms with E-state index in [9.17, 15) is 4.79 Å². The zero-order chi connectivity index (χ0) is 21.6. The maximum Gasteiger partial charge on any atom is 0.335 e. The molecule has 0 atom stereocenters. The summed E-state index contributed by atoms with van der Waals surface area (Å²) in [5.74, 6) is 0.257. The number of fused-ring (bicyclic) bond motifs is 1. The van der Waals surface area contributed by atoms with Crippen molar-refractivity contribution in [3.63, 3.8) is 0 Å². The van der Waals surface area contributed by atoms with Crippen LogP contribution in [0.2, 0.25) is 0 Å². The number of hydrogen-bond acceptors (Lipinski definition) is 4. The number of benzene rings is 4. The number of rotatable bonds is 7. The maximum atomic E-state index is 11.0. The smallest absolute Gasteiger partial charge is 0.335 e. The van der Waals surface area contributed by atoms with Crippen molar-refractivity contribution >= 4 is 28.6 Å². The molecule has 0 radical (unpaired) electrons. The minimum atomic E-state index is -0.949. The van der Waals surface area contributed by atoms with Crippen LogP contribution in [0.25, 0.3) is 10.8 Å². The van der Waals surface area contributed by atoms with Crippen molar-refractivity contribution in [3.05, 3.63) is 102 Å². The Kier molecular flexibility index (Phi) is 5.94. The average molecular weight is 411 g/mol. The minimum Gasteiger partial charge on any atom is -0.493 e. The van der Waals surface area contributed by atoms with E-state index in [0.29, 0.717) is 18.1 Å². The summed E-state index contributed by atoms with van der Waals surface area (Å²) in [6, 6.07) is 26.5. The predicted molar refractivity (Wildman–Crippen MR) is 122 cm³/mol. The van der Waals surface area contributed by atoms with Crippen LogP contribution in [0, 0.1) is 0 Å². The van der Waals surface area contributed by atoms with E-state index in [2.05, 4.69) is 29.3 Å². The highest BCUT2D eigenvalue weighted by atomic mass is 16.5. The van der Waals surface area contributed by atoms with Crippen LogP contribution in [-0.4, -0.2) is 24.4 Å². The number of carbonyl (C=O) groups is 1. The second kappa shape index (κ2) is 9.13. The molecule has 4 rings (SSSR count). The van der Waals surface area contributed by atoms with Gasteiger partial charge in [0.1, 0.15) is 6.61 Å². The average Bonchev–Trinajstić information content (AvgIpc) is 2.81. The summed E-state index contributed by atoms with van der Waals surface area (Å²) in [4.78, 5) is 15.5. The van der Waals surface area contributed by atoms with Gasteiger partial charge in [-0.05, 0) is 64.4 Å². The molecule has 1 N–H and O–H groups in total. The van der Waals surface area contributed by atoms with E-state index in [1.165, 1.54) is 5.39 Å². The van der Waals surface area contributed by atoms with Crippen molar-refractivity contribution in [2.24, 2.45) is 4.99 Å². The van der Waals surface area contributed by atoms with Crippen molar-refractivity contribution in [1.82, 2.24) is 0 Å². The second-order valence-corrected chi connectivity index (χ2v) is 6.99. The zero-order valence-electron chi connectivity index (χ0n) is 17.0. The van der Waals surface area contributed by atoms with E-state index in [4.69, 9.17) is 14.6 Å². The van der Waals surface area contributed by atoms with E-state index in [0.717, 1.165) is 22.2 Å². The third kappa shape index (κ3) is 4.90. The molecule has 0 saturated heterocycles. The first kappa shape index (κ1) is 20.2. The van der Waals surface area contributed by atoms with Gasteiger partial charge in [-0.15, -0.1) is 0 Å². The summed E-state index contributed by atoms with van der Waals surface area (Å²) >= 11 is 0. The highest BCUT2D eigenvalue weighted by Gasteiger charge is 2.07. The van der Waals surface area contributed by atoms with Gasteiger partial charge in [-0.2, -0.15) is 0 Å². The fourth-order valence-corrected chi connectivity index (χ4v) is 3.19. The van der Waals surface area contributed by atoms with E-state index in [-0.39, 0.29) is 5.56 Å². The first-order valence-corrected chi connectivity index (χ1v) is 9.78. The molecule has 31 heavy (non-hydrogen) atoms. The Bertz CT molecular complexity index is 1250. The third-order valence-corrected chi connectivity index (χ3v) is 4.88. The lowest BCUT2D eigenvalue weighted by Gasteiger charge is -2.11. The largest absolute Gasteiger partial charge is 0.493 e. The van der Waals surface area contributed by atoms with Crippen LogP contribution in [-0.2, 0) is 6.61 Å². The van der Waals surface area contributed by atoms with Gasteiger partial charge < -0.3 is 14.6 Å². The van der Waals surface area contributed by atoms with Crippen molar-refractivity contribution in [3.8, 4) is 11.5 Å². The number of aromatic carboxylic acids is 1. The molecular weight excluding hydrogens is 390 g/mol. The number of nitrogens with zero attached hydrogens (tertiary/aromatic N) is 1. The summed E-state index contributed by atoms with van der Waals surface area (Å²) in [5.41, 5.74) is 2.89. The molecular formula is C26H21NO4. The van der Waals surface area contributed by atoms with E-state index < -0.39 is 5.97 Å². The molecule has 5 heteroatoms. The Balaban J connectivity index is 1.46. The molecule has 4 aromatic rings. The summed E-state index contributed by atoms with van der Waals surface area (Å²) in [6.45, 7) is 0.306. The molecule has 0 aliphatic heterocycles. The monoisotopic (exact) mass is 411 g/mol. The minimum absolute atomic E-state index is 0.247. The van der Waals surface area contributed by atoms with Crippen molar-refractivity contribution in [1.29, 1.82) is 0 Å². The highest BCUT2D eigenvalue weighted by molar-refractivity contribution is 5.88. The molecule has 0 aromatic heterocycles. The summed E-state index contributed by atoms with van der Waals surface area (Å²) in [5, 5.41) is 11.3. The fourth-order valence-electron chi connectivity index (χ4n) is 3.19. The summed E-state index contributed by atoms with van der Waals surface area (Å²) < 4.78 is 11.3. The fraction of sp³-hybridized carbons (Fsp3) is 0.0769. The van der Waals surface area contributed by atoms with Crippen LogP contribution in [0.15, 0.2) is 89.9 Å². The van der Waals surface area contributed by atoms with Gasteiger partial charge in [-0.3, -0.25) is 4.99 Å². The number of methoxy groups -OCH3 is 1. The third-order valence-electron chi connectivity index (χ3n) is 4.88. The molecule has 4 aromatic carbocycles. The zero-order valence-corrected chi connectivity index (χ0v) is 17.0. The molecule has 0 amide bonds. The molecule has 0 fully saturated rings. The maximum absolute atomic E-state index is 11.0. The van der Waals surface area contributed by atoms with Crippen molar-refractivity contribution in [2.45, 2.75) is 6.61 Å². The number of ether oxygens (including phenoxy) is 2. The first-order valence-electron chi connectivity index (χ1n) is 9.78. The number of carboxylic acid groups (broad SMARTS) is 1. The molecule has 0 unspecified atom stereocenters. The van der Waals surface area contributed by atoms with Gasteiger partial charge in [0, 0.05) is 6.21 Å². The first-order chi connectivity index (χ1) is 15.1. The van der Waals surface area contributed by atoms with Crippen LogP contribution < -0.4 is 9.47 Å². The molecule has 0 saturated carbocycles. The van der Waals surface area contributed by atoms with Crippen LogP contribution >= 0.6 is 0 Å². The Hall–Kier alpha value is -4.12. The molecule has 0 spiro atoms. The molecule has 0 heterocycles. The molecule has 5 nitrogen and oxygen atoms in total. The van der Waals surface area contributed by atoms with Crippen LogP contribution in [0.1, 0.15) is 21.5 Å². The molecule has 0 aliphatic carbocycles. The van der Waals surface area contributed by atoms with Crippen molar-refractivity contribution < 1.29 is 19.4 Å². The lowest BCUT2D eigenvalue weighted by molar-refractivity contribution is 0.0697. The molecule has 0 aliphatic rings. The van der Waals surface area contributed by atoms with E-state index in [1.54, 1.807) is 37.6 Å². The van der Waals surface area contributed by atoms with Crippen LogP contribution in [0.3, 0.4) is 0 Å².